The molecule has 1 atom stereocenters. The molecular weight excluding hydrogens is 598 g/mol. The van der Waals surface area contributed by atoms with E-state index in [9.17, 15) is 22.8 Å². The van der Waals surface area contributed by atoms with E-state index >= 15 is 0 Å². The van der Waals surface area contributed by atoms with Crippen LogP contribution in [0.4, 0.5) is 5.69 Å². The van der Waals surface area contributed by atoms with Crippen molar-refractivity contribution in [1.29, 1.82) is 0 Å². The van der Waals surface area contributed by atoms with E-state index in [0.717, 1.165) is 10.6 Å². The Morgan fingerprint density at radius 1 is 1.07 bits per heavy atom. The molecule has 1 aliphatic rings. The number of carbonyl (C=O) groups excluding carboxylic acids is 3. The second kappa shape index (κ2) is 14.0. The first-order valence-electron chi connectivity index (χ1n) is 14.4. The molecular formula is C32H39N5O7S. The second-order valence-electron chi connectivity index (χ2n) is 11.3. The fourth-order valence-corrected chi connectivity index (χ4v) is 5.59. The number of ether oxygens (including phenoxy) is 2. The SMILES string of the molecule is COc1cc2cc(c1OC)-c1cncc(c1)C(=O)N[C@H](CC(C)C)C(=O)NCCN(C(=O)c1ccc(N(C)S(C)(=O)=O)cc1)C2. The number of benzene rings is 2. The highest BCUT2D eigenvalue weighted by atomic mass is 32.2. The van der Waals surface area contributed by atoms with Gasteiger partial charge in [-0.05, 0) is 60.4 Å². The summed E-state index contributed by atoms with van der Waals surface area (Å²) < 4.78 is 36.4. The summed E-state index contributed by atoms with van der Waals surface area (Å²) in [5.41, 5.74) is 2.93. The zero-order chi connectivity index (χ0) is 32.9. The van der Waals surface area contributed by atoms with Gasteiger partial charge in [-0.3, -0.25) is 23.7 Å². The highest BCUT2D eigenvalue weighted by molar-refractivity contribution is 7.92. The van der Waals surface area contributed by atoms with Crippen LogP contribution in [-0.2, 0) is 21.4 Å². The molecule has 0 unspecified atom stereocenters. The van der Waals surface area contributed by atoms with Gasteiger partial charge in [0.25, 0.3) is 11.8 Å². The molecule has 13 heteroatoms. The highest BCUT2D eigenvalue weighted by Crippen LogP contribution is 2.39. The van der Waals surface area contributed by atoms with Gasteiger partial charge in [-0.25, -0.2) is 8.42 Å². The quantitative estimate of drug-likeness (QED) is 0.402. The van der Waals surface area contributed by atoms with Crippen LogP contribution in [0.2, 0.25) is 0 Å². The number of methoxy groups -OCH3 is 2. The van der Waals surface area contributed by atoms with Gasteiger partial charge in [0.1, 0.15) is 6.04 Å². The topological polar surface area (TPSA) is 147 Å². The predicted octanol–water partition coefficient (Wildman–Crippen LogP) is 3.08. The van der Waals surface area contributed by atoms with E-state index in [-0.39, 0.29) is 42.9 Å². The Hall–Kier alpha value is -4.65. The van der Waals surface area contributed by atoms with Gasteiger partial charge in [-0.1, -0.05) is 13.8 Å². The number of amides is 3. The van der Waals surface area contributed by atoms with Crippen LogP contribution in [0.5, 0.6) is 11.5 Å². The molecule has 0 aliphatic carbocycles. The van der Waals surface area contributed by atoms with Crippen LogP contribution >= 0.6 is 0 Å². The molecule has 2 heterocycles. The number of hydrogen-bond acceptors (Lipinski definition) is 8. The number of fused-ring (bicyclic) bond motifs is 5. The van der Waals surface area contributed by atoms with Gasteiger partial charge in [0.2, 0.25) is 15.9 Å². The number of sulfonamides is 1. The molecule has 0 spiro atoms. The van der Waals surface area contributed by atoms with E-state index in [0.29, 0.717) is 45.9 Å². The fraction of sp³-hybridized carbons (Fsp3) is 0.375. The standard InChI is InChI=1S/C32H39N5O7S/c1-20(2)13-27-31(39)34-11-12-37(32(40)22-7-9-25(10-8-22)36(3)45(6,41)42)19-21-14-26(29(44-5)28(15-21)43-4)23-16-24(18-33-17-23)30(38)35-27/h7-10,14-18,20,27H,11-13,19H2,1-6H3,(H,34,39)(H,35,38)/t27-/m1/s1. The number of nitrogens with one attached hydrogen (secondary N) is 2. The monoisotopic (exact) mass is 637 g/mol. The van der Waals surface area contributed by atoms with Crippen LogP contribution in [0.3, 0.4) is 0 Å². The Morgan fingerprint density at radius 3 is 2.38 bits per heavy atom. The Bertz CT molecular complexity index is 1680. The summed E-state index contributed by atoms with van der Waals surface area (Å²) >= 11 is 0. The molecule has 3 amide bonds. The smallest absolute Gasteiger partial charge is 0.254 e. The molecule has 240 valence electrons. The maximum atomic E-state index is 13.9. The van der Waals surface area contributed by atoms with Gasteiger partial charge in [0.05, 0.1) is 31.7 Å². The number of rotatable bonds is 7. The minimum atomic E-state index is -3.48. The lowest BCUT2D eigenvalue weighted by molar-refractivity contribution is -0.123. The fourth-order valence-electron chi connectivity index (χ4n) is 5.08. The van der Waals surface area contributed by atoms with Gasteiger partial charge in [0, 0.05) is 55.8 Å². The molecule has 0 saturated heterocycles. The number of pyridine rings is 1. The lowest BCUT2D eigenvalue weighted by Crippen LogP contribution is -2.49. The zero-order valence-corrected chi connectivity index (χ0v) is 27.1. The average molecular weight is 638 g/mol. The molecule has 1 aliphatic heterocycles. The number of nitrogens with zero attached hydrogens (tertiary/aromatic N) is 3. The van der Waals surface area contributed by atoms with E-state index in [2.05, 4.69) is 15.6 Å². The maximum Gasteiger partial charge on any atom is 0.254 e. The van der Waals surface area contributed by atoms with Crippen molar-refractivity contribution in [1.82, 2.24) is 20.5 Å². The summed E-state index contributed by atoms with van der Waals surface area (Å²) in [6.45, 7) is 4.34. The van der Waals surface area contributed by atoms with Gasteiger partial charge in [0.15, 0.2) is 11.5 Å². The number of carbonyl (C=O) groups is 3. The molecule has 3 aromatic rings. The van der Waals surface area contributed by atoms with E-state index in [4.69, 9.17) is 9.47 Å². The third-order valence-electron chi connectivity index (χ3n) is 7.50. The molecule has 1 aromatic heterocycles. The largest absolute Gasteiger partial charge is 0.493 e. The molecule has 2 aromatic carbocycles. The van der Waals surface area contributed by atoms with Gasteiger partial charge < -0.3 is 25.0 Å². The van der Waals surface area contributed by atoms with E-state index in [1.165, 1.54) is 27.5 Å². The van der Waals surface area contributed by atoms with Crippen LogP contribution in [-0.4, -0.2) is 82.7 Å². The van der Waals surface area contributed by atoms with Gasteiger partial charge in [-0.15, -0.1) is 0 Å². The average Bonchev–Trinajstić information content (AvgIpc) is 3.01. The second-order valence-corrected chi connectivity index (χ2v) is 13.3. The van der Waals surface area contributed by atoms with Crippen LogP contribution in [0.15, 0.2) is 54.9 Å². The normalized spacial score (nSPS) is 15.8. The molecule has 45 heavy (non-hydrogen) atoms. The Labute approximate surface area is 263 Å². The van der Waals surface area contributed by atoms with E-state index < -0.39 is 22.0 Å². The molecule has 2 N–H and O–H groups in total. The molecule has 12 nitrogen and oxygen atoms in total. The van der Waals surface area contributed by atoms with Gasteiger partial charge >= 0.3 is 0 Å². The third-order valence-corrected chi connectivity index (χ3v) is 8.70. The maximum absolute atomic E-state index is 13.9. The molecule has 4 bridgehead atoms. The number of aromatic nitrogens is 1. The van der Waals surface area contributed by atoms with Crippen LogP contribution < -0.4 is 24.4 Å². The molecule has 0 radical (unpaired) electrons. The molecule has 4 rings (SSSR count). The molecule has 0 fully saturated rings. The lowest BCUT2D eigenvalue weighted by atomic mass is 10.00. The zero-order valence-electron chi connectivity index (χ0n) is 26.3. The minimum Gasteiger partial charge on any atom is -0.493 e. The Morgan fingerprint density at radius 2 is 1.76 bits per heavy atom. The Kier molecular flexibility index (Phi) is 10.3. The van der Waals surface area contributed by atoms with Crippen molar-refractivity contribution in [3.63, 3.8) is 0 Å². The predicted molar refractivity (Wildman–Crippen MR) is 171 cm³/mol. The van der Waals surface area contributed by atoms with Crippen molar-refractivity contribution in [2.75, 3.05) is 44.9 Å². The Balaban J connectivity index is 1.79. The first kappa shape index (κ1) is 33.2. The highest BCUT2D eigenvalue weighted by Gasteiger charge is 2.26. The first-order valence-corrected chi connectivity index (χ1v) is 16.3. The lowest BCUT2D eigenvalue weighted by Gasteiger charge is -2.25. The van der Waals surface area contributed by atoms with Crippen molar-refractivity contribution in [3.8, 4) is 22.6 Å². The summed E-state index contributed by atoms with van der Waals surface area (Å²) in [6, 6.07) is 10.8. The van der Waals surface area contributed by atoms with Crippen LogP contribution in [0, 0.1) is 5.92 Å². The van der Waals surface area contributed by atoms with E-state index in [1.54, 1.807) is 47.5 Å². The summed E-state index contributed by atoms with van der Waals surface area (Å²) in [7, 11) is 0.988. The summed E-state index contributed by atoms with van der Waals surface area (Å²) in [6.07, 6.45) is 4.55. The summed E-state index contributed by atoms with van der Waals surface area (Å²) in [4.78, 5) is 46.3. The van der Waals surface area contributed by atoms with Crippen molar-refractivity contribution in [3.05, 3.63) is 71.5 Å². The number of hydrogen-bond donors (Lipinski definition) is 2. The van der Waals surface area contributed by atoms with Crippen molar-refractivity contribution < 1.29 is 32.3 Å². The minimum absolute atomic E-state index is 0.119. The van der Waals surface area contributed by atoms with E-state index in [1.807, 2.05) is 19.9 Å². The third kappa shape index (κ3) is 7.90. The first-order chi connectivity index (χ1) is 21.3. The van der Waals surface area contributed by atoms with Crippen LogP contribution in [0.25, 0.3) is 11.1 Å². The molecule has 0 saturated carbocycles. The van der Waals surface area contributed by atoms with Crippen molar-refractivity contribution >= 4 is 33.4 Å². The van der Waals surface area contributed by atoms with Crippen LogP contribution in [0.1, 0.15) is 46.5 Å². The van der Waals surface area contributed by atoms with Gasteiger partial charge in [-0.2, -0.15) is 0 Å². The van der Waals surface area contributed by atoms with Crippen molar-refractivity contribution in [2.45, 2.75) is 32.9 Å². The summed E-state index contributed by atoms with van der Waals surface area (Å²) in [5.74, 6) is -0.148. The number of anilines is 1. The van der Waals surface area contributed by atoms with Crippen molar-refractivity contribution in [2.24, 2.45) is 5.92 Å². The summed E-state index contributed by atoms with van der Waals surface area (Å²) in [5, 5.41) is 5.72.